The first-order valence-electron chi connectivity index (χ1n) is 8.35. The van der Waals surface area contributed by atoms with Gasteiger partial charge < -0.3 is 20.9 Å². The van der Waals surface area contributed by atoms with Crippen LogP contribution in [0.25, 0.3) is 0 Å². The topological polar surface area (TPSA) is 108 Å². The van der Waals surface area contributed by atoms with Crippen molar-refractivity contribution < 1.29 is 14.6 Å². The van der Waals surface area contributed by atoms with Crippen LogP contribution in [0.15, 0.2) is 53.4 Å². The van der Waals surface area contributed by atoms with E-state index in [1.807, 2.05) is 12.1 Å². The fraction of sp³-hybridized carbons (Fsp3) is 0.263. The number of nitrogens with one attached hydrogen (secondary N) is 2. The van der Waals surface area contributed by atoms with E-state index in [9.17, 15) is 4.79 Å². The van der Waals surface area contributed by atoms with Gasteiger partial charge in [0, 0.05) is 17.2 Å². The second kappa shape index (κ2) is 10.5. The van der Waals surface area contributed by atoms with Gasteiger partial charge in [-0.2, -0.15) is 0 Å². The Morgan fingerprint density at radius 1 is 1.08 bits per heavy atom. The molecule has 5 N–H and O–H groups in total. The molecule has 138 valence electrons. The van der Waals surface area contributed by atoms with Crippen molar-refractivity contribution in [2.45, 2.75) is 24.2 Å². The van der Waals surface area contributed by atoms with Crippen LogP contribution in [0.3, 0.4) is 0 Å². The molecule has 0 bridgehead atoms. The molecule has 0 saturated heterocycles. The second-order valence-electron chi connectivity index (χ2n) is 5.61. The van der Waals surface area contributed by atoms with Crippen LogP contribution in [-0.4, -0.2) is 29.4 Å². The van der Waals surface area contributed by atoms with Gasteiger partial charge in [0.1, 0.15) is 5.75 Å². The number of carbonyl (C=O) groups excluding carboxylic acids is 1. The maximum Gasteiger partial charge on any atom is 0.343 e. The van der Waals surface area contributed by atoms with Gasteiger partial charge in [-0.25, -0.2) is 4.79 Å². The van der Waals surface area contributed by atoms with Crippen LogP contribution in [0, 0.1) is 5.41 Å². The summed E-state index contributed by atoms with van der Waals surface area (Å²) in [4.78, 5) is 13.3. The van der Waals surface area contributed by atoms with Crippen molar-refractivity contribution in [3.63, 3.8) is 0 Å². The van der Waals surface area contributed by atoms with Gasteiger partial charge in [0.05, 0.1) is 5.56 Å². The fourth-order valence-electron chi connectivity index (χ4n) is 2.20. The summed E-state index contributed by atoms with van der Waals surface area (Å²) in [6.07, 6.45) is 2.94. The molecule has 0 unspecified atom stereocenters. The molecule has 0 fully saturated rings. The van der Waals surface area contributed by atoms with Gasteiger partial charge in [0.25, 0.3) is 0 Å². The summed E-state index contributed by atoms with van der Waals surface area (Å²) in [5, 5.41) is 18.6. The average Bonchev–Trinajstić information content (AvgIpc) is 2.63. The lowest BCUT2D eigenvalue weighted by Crippen LogP contribution is -2.20. The summed E-state index contributed by atoms with van der Waals surface area (Å²) < 4.78 is 5.37. The van der Waals surface area contributed by atoms with Gasteiger partial charge in [0.15, 0.2) is 5.96 Å². The van der Waals surface area contributed by atoms with Crippen molar-refractivity contribution in [1.82, 2.24) is 0 Å². The quantitative estimate of drug-likeness (QED) is 0.134. The number of benzene rings is 2. The van der Waals surface area contributed by atoms with Crippen LogP contribution >= 0.6 is 11.8 Å². The minimum absolute atomic E-state index is 0.160. The Balaban J connectivity index is 1.84. The molecular weight excluding hydrogens is 350 g/mol. The first kappa shape index (κ1) is 19.8. The minimum atomic E-state index is -0.441. The van der Waals surface area contributed by atoms with Crippen LogP contribution in [0.2, 0.25) is 0 Å². The van der Waals surface area contributed by atoms with Crippen LogP contribution in [0.4, 0.5) is 5.69 Å². The zero-order valence-corrected chi connectivity index (χ0v) is 15.2. The van der Waals surface area contributed by atoms with E-state index < -0.39 is 5.97 Å². The molecule has 0 aliphatic rings. The molecule has 26 heavy (non-hydrogen) atoms. The van der Waals surface area contributed by atoms with Gasteiger partial charge in [-0.05, 0) is 67.1 Å². The van der Waals surface area contributed by atoms with Crippen molar-refractivity contribution in [2.75, 3.05) is 17.7 Å². The number of thioether (sulfide) groups is 1. The number of aliphatic hydroxyl groups excluding tert-OH is 1. The predicted octanol–water partition coefficient (Wildman–Crippen LogP) is 3.47. The third-order valence-electron chi connectivity index (χ3n) is 3.51. The monoisotopic (exact) mass is 373 g/mol. The molecule has 2 rings (SSSR count). The van der Waals surface area contributed by atoms with E-state index in [1.54, 1.807) is 48.2 Å². The highest BCUT2D eigenvalue weighted by Crippen LogP contribution is 2.23. The second-order valence-corrected chi connectivity index (χ2v) is 6.78. The third kappa shape index (κ3) is 6.78. The molecule has 2 aromatic rings. The van der Waals surface area contributed by atoms with Crippen LogP contribution in [0.5, 0.6) is 5.75 Å². The Hall–Kier alpha value is -2.51. The number of aliphatic hydroxyl groups is 1. The number of nitrogens with two attached hydrogens (primary N) is 1. The molecule has 0 spiro atoms. The fourth-order valence-corrected chi connectivity index (χ4v) is 3.11. The van der Waals surface area contributed by atoms with Gasteiger partial charge in [-0.3, -0.25) is 5.41 Å². The SMILES string of the molecule is N=C(N)Nc1ccc(C(=O)Oc2ccc(SCCCCCO)cc2)cc1. The normalized spacial score (nSPS) is 10.3. The lowest BCUT2D eigenvalue weighted by atomic mass is 10.2. The van der Waals surface area contributed by atoms with E-state index in [0.29, 0.717) is 17.0 Å². The summed E-state index contributed by atoms with van der Waals surface area (Å²) in [5.41, 5.74) is 6.31. The number of esters is 1. The highest BCUT2D eigenvalue weighted by Gasteiger charge is 2.09. The van der Waals surface area contributed by atoms with E-state index in [-0.39, 0.29) is 12.6 Å². The van der Waals surface area contributed by atoms with E-state index in [0.717, 1.165) is 29.9 Å². The van der Waals surface area contributed by atoms with Gasteiger partial charge in [-0.15, -0.1) is 11.8 Å². The molecule has 0 saturated carbocycles. The highest BCUT2D eigenvalue weighted by molar-refractivity contribution is 7.99. The standard InChI is InChI=1S/C19H23N3O3S/c20-19(21)22-15-6-4-14(5-7-15)18(24)25-16-8-10-17(11-9-16)26-13-3-1-2-12-23/h4-11,23H,1-3,12-13H2,(H4,20,21,22). The first-order valence-corrected chi connectivity index (χ1v) is 9.34. The highest BCUT2D eigenvalue weighted by atomic mass is 32.2. The number of guanidine groups is 1. The Labute approximate surface area is 157 Å². The molecule has 0 radical (unpaired) electrons. The Morgan fingerprint density at radius 3 is 2.38 bits per heavy atom. The molecule has 0 heterocycles. The van der Waals surface area contributed by atoms with Crippen molar-refractivity contribution in [3.05, 3.63) is 54.1 Å². The maximum absolute atomic E-state index is 12.2. The molecule has 0 atom stereocenters. The van der Waals surface area contributed by atoms with Crippen molar-refractivity contribution >= 4 is 29.4 Å². The molecule has 0 aliphatic heterocycles. The van der Waals surface area contributed by atoms with Gasteiger partial charge in [0.2, 0.25) is 0 Å². The average molecular weight is 373 g/mol. The minimum Gasteiger partial charge on any atom is -0.423 e. The maximum atomic E-state index is 12.2. The molecule has 6 nitrogen and oxygen atoms in total. The van der Waals surface area contributed by atoms with Gasteiger partial charge >= 0.3 is 5.97 Å². The Kier molecular flexibility index (Phi) is 7.98. The molecular formula is C19H23N3O3S. The zero-order chi connectivity index (χ0) is 18.8. The zero-order valence-electron chi connectivity index (χ0n) is 14.4. The smallest absolute Gasteiger partial charge is 0.343 e. The number of ether oxygens (including phenoxy) is 1. The number of rotatable bonds is 9. The summed E-state index contributed by atoms with van der Waals surface area (Å²) in [5.74, 6) is 0.890. The molecule has 0 amide bonds. The van der Waals surface area contributed by atoms with Crippen molar-refractivity contribution in [2.24, 2.45) is 5.73 Å². The van der Waals surface area contributed by atoms with Crippen molar-refractivity contribution in [1.29, 1.82) is 5.41 Å². The van der Waals surface area contributed by atoms with E-state index in [4.69, 9.17) is 21.0 Å². The summed E-state index contributed by atoms with van der Waals surface area (Å²) in [7, 11) is 0. The van der Waals surface area contributed by atoms with E-state index in [1.165, 1.54) is 0 Å². The number of unbranched alkanes of at least 4 members (excludes halogenated alkanes) is 2. The van der Waals surface area contributed by atoms with Crippen molar-refractivity contribution in [3.8, 4) is 5.75 Å². The first-order chi connectivity index (χ1) is 12.6. The molecule has 7 heteroatoms. The molecule has 0 aromatic heterocycles. The lowest BCUT2D eigenvalue weighted by molar-refractivity contribution is 0.0734. The van der Waals surface area contributed by atoms with E-state index >= 15 is 0 Å². The number of anilines is 1. The summed E-state index contributed by atoms with van der Waals surface area (Å²) in [6.45, 7) is 0.251. The predicted molar refractivity (Wildman–Crippen MR) is 105 cm³/mol. The Bertz CT molecular complexity index is 718. The van der Waals surface area contributed by atoms with Gasteiger partial charge in [-0.1, -0.05) is 6.42 Å². The molecule has 0 aliphatic carbocycles. The number of hydrogen-bond acceptors (Lipinski definition) is 5. The number of hydrogen-bond donors (Lipinski definition) is 4. The number of carbonyl (C=O) groups is 1. The lowest BCUT2D eigenvalue weighted by Gasteiger charge is -2.07. The Morgan fingerprint density at radius 2 is 1.77 bits per heavy atom. The van der Waals surface area contributed by atoms with Crippen LogP contribution in [0.1, 0.15) is 29.6 Å². The van der Waals surface area contributed by atoms with Crippen LogP contribution in [-0.2, 0) is 0 Å². The largest absolute Gasteiger partial charge is 0.423 e. The molecule has 2 aromatic carbocycles. The summed E-state index contributed by atoms with van der Waals surface area (Å²) >= 11 is 1.74. The summed E-state index contributed by atoms with van der Waals surface area (Å²) in [6, 6.07) is 14.0. The van der Waals surface area contributed by atoms with Crippen LogP contribution < -0.4 is 15.8 Å². The van der Waals surface area contributed by atoms with E-state index in [2.05, 4.69) is 5.32 Å². The third-order valence-corrected chi connectivity index (χ3v) is 4.60.